The van der Waals surface area contributed by atoms with E-state index in [-0.39, 0.29) is 11.6 Å². The first-order chi connectivity index (χ1) is 9.10. The van der Waals surface area contributed by atoms with Crippen molar-refractivity contribution >= 4 is 27.8 Å². The Balaban J connectivity index is 2.18. The molecule has 0 aliphatic heterocycles. The van der Waals surface area contributed by atoms with Crippen molar-refractivity contribution < 1.29 is 9.18 Å². The third-order valence-electron chi connectivity index (χ3n) is 2.59. The van der Waals surface area contributed by atoms with Crippen LogP contribution < -0.4 is 0 Å². The number of rotatable bonds is 4. The Morgan fingerprint density at radius 2 is 2.26 bits per heavy atom. The van der Waals surface area contributed by atoms with Crippen LogP contribution in [0.5, 0.6) is 0 Å². The van der Waals surface area contributed by atoms with Gasteiger partial charge in [-0.3, -0.25) is 9.48 Å². The third-order valence-corrected chi connectivity index (χ3v) is 3.08. The average Bonchev–Trinajstić information content (AvgIpc) is 2.88. The number of nitrogens with zero attached hydrogens (tertiary/aromatic N) is 2. The van der Waals surface area contributed by atoms with Gasteiger partial charge in [0, 0.05) is 22.8 Å². The number of benzene rings is 1. The number of carbonyl (C=O) groups is 1. The minimum Gasteiger partial charge on any atom is -0.287 e. The van der Waals surface area contributed by atoms with Crippen LogP contribution in [0.3, 0.4) is 0 Å². The van der Waals surface area contributed by atoms with E-state index in [0.29, 0.717) is 17.8 Å². The quantitative estimate of drug-likeness (QED) is 0.635. The Labute approximate surface area is 118 Å². The van der Waals surface area contributed by atoms with Crippen molar-refractivity contribution in [1.29, 1.82) is 0 Å². The molecule has 1 aromatic heterocycles. The summed E-state index contributed by atoms with van der Waals surface area (Å²) in [5.74, 6) is -0.613. The lowest BCUT2D eigenvalue weighted by Gasteiger charge is -1.97. The predicted octanol–water partition coefficient (Wildman–Crippen LogP) is 3.70. The monoisotopic (exact) mass is 322 g/mol. The summed E-state index contributed by atoms with van der Waals surface area (Å²) in [7, 11) is 0. The van der Waals surface area contributed by atoms with Crippen LogP contribution >= 0.6 is 15.9 Å². The fourth-order valence-electron chi connectivity index (χ4n) is 1.56. The molecule has 0 aliphatic rings. The minimum absolute atomic E-state index is 0.244. The minimum atomic E-state index is -0.369. The van der Waals surface area contributed by atoms with Crippen molar-refractivity contribution in [2.24, 2.45) is 0 Å². The molecule has 3 nitrogen and oxygen atoms in total. The van der Waals surface area contributed by atoms with E-state index in [1.54, 1.807) is 29.1 Å². The lowest BCUT2D eigenvalue weighted by molar-refractivity contribution is 0.104. The van der Waals surface area contributed by atoms with E-state index >= 15 is 0 Å². The number of carbonyl (C=O) groups excluding carboxylic acids is 1. The summed E-state index contributed by atoms with van der Waals surface area (Å²) >= 11 is 3.26. The van der Waals surface area contributed by atoms with Gasteiger partial charge in [0.25, 0.3) is 0 Å². The molecule has 0 radical (unpaired) electrons. The third kappa shape index (κ3) is 3.38. The van der Waals surface area contributed by atoms with Crippen molar-refractivity contribution in [3.63, 3.8) is 0 Å². The molecular formula is C14H12BrFN2O. The van der Waals surface area contributed by atoms with Crippen molar-refractivity contribution in [2.45, 2.75) is 13.5 Å². The molecule has 0 unspecified atom stereocenters. The maximum absolute atomic E-state index is 13.5. The molecule has 1 aromatic carbocycles. The van der Waals surface area contributed by atoms with Gasteiger partial charge in [0.2, 0.25) is 5.78 Å². The van der Waals surface area contributed by atoms with Gasteiger partial charge in [-0.05, 0) is 43.3 Å². The summed E-state index contributed by atoms with van der Waals surface area (Å²) in [6.07, 6.45) is 4.52. The van der Waals surface area contributed by atoms with Gasteiger partial charge in [-0.1, -0.05) is 15.9 Å². The molecule has 98 valence electrons. The van der Waals surface area contributed by atoms with Gasteiger partial charge in [0.1, 0.15) is 11.5 Å². The van der Waals surface area contributed by atoms with Gasteiger partial charge in [-0.2, -0.15) is 5.10 Å². The van der Waals surface area contributed by atoms with Crippen molar-refractivity contribution in [2.75, 3.05) is 0 Å². The Bertz CT molecular complexity index is 634. The highest BCUT2D eigenvalue weighted by molar-refractivity contribution is 9.10. The Morgan fingerprint density at radius 3 is 2.95 bits per heavy atom. The summed E-state index contributed by atoms with van der Waals surface area (Å²) in [4.78, 5) is 11.8. The topological polar surface area (TPSA) is 34.9 Å². The first-order valence-corrected chi connectivity index (χ1v) is 6.60. The number of aryl methyl sites for hydroxylation is 1. The van der Waals surface area contributed by atoms with Crippen LogP contribution in [0.4, 0.5) is 4.39 Å². The van der Waals surface area contributed by atoms with Gasteiger partial charge in [0.05, 0.1) is 0 Å². The SMILES string of the molecule is CCn1ccc(C(=O)/C=C/c2cc(Br)ccc2F)n1. The molecule has 0 atom stereocenters. The summed E-state index contributed by atoms with van der Waals surface area (Å²) < 4.78 is 15.9. The fraction of sp³-hybridized carbons (Fsp3) is 0.143. The Morgan fingerprint density at radius 1 is 1.47 bits per heavy atom. The highest BCUT2D eigenvalue weighted by Gasteiger charge is 2.06. The number of hydrogen-bond acceptors (Lipinski definition) is 2. The van der Waals surface area contributed by atoms with Crippen molar-refractivity contribution in [3.8, 4) is 0 Å². The van der Waals surface area contributed by atoms with Gasteiger partial charge in [-0.25, -0.2) is 4.39 Å². The molecule has 0 bridgehead atoms. The van der Waals surface area contributed by atoms with Crippen LogP contribution in [0.2, 0.25) is 0 Å². The molecular weight excluding hydrogens is 311 g/mol. The highest BCUT2D eigenvalue weighted by Crippen LogP contribution is 2.17. The molecule has 0 fully saturated rings. The van der Waals surface area contributed by atoms with Crippen LogP contribution in [-0.4, -0.2) is 15.6 Å². The highest BCUT2D eigenvalue weighted by atomic mass is 79.9. The molecule has 2 rings (SSSR count). The molecule has 1 heterocycles. The summed E-state index contributed by atoms with van der Waals surface area (Å²) in [5.41, 5.74) is 0.714. The van der Waals surface area contributed by atoms with Crippen LogP contribution in [0.25, 0.3) is 6.08 Å². The molecule has 0 saturated heterocycles. The van der Waals surface area contributed by atoms with Gasteiger partial charge < -0.3 is 0 Å². The zero-order valence-electron chi connectivity index (χ0n) is 10.3. The predicted molar refractivity (Wildman–Crippen MR) is 75.4 cm³/mol. The second kappa shape index (κ2) is 5.93. The summed E-state index contributed by atoms with van der Waals surface area (Å²) in [5, 5.41) is 4.09. The normalized spacial score (nSPS) is 11.1. The molecule has 0 spiro atoms. The molecule has 5 heteroatoms. The lowest BCUT2D eigenvalue weighted by Crippen LogP contribution is -2.00. The van der Waals surface area contributed by atoms with E-state index < -0.39 is 0 Å². The lowest BCUT2D eigenvalue weighted by atomic mass is 10.1. The van der Waals surface area contributed by atoms with Crippen molar-refractivity contribution in [1.82, 2.24) is 9.78 Å². The molecule has 19 heavy (non-hydrogen) atoms. The van der Waals surface area contributed by atoms with E-state index in [9.17, 15) is 9.18 Å². The first kappa shape index (κ1) is 13.7. The van der Waals surface area contributed by atoms with Crippen LogP contribution in [0.1, 0.15) is 23.0 Å². The van der Waals surface area contributed by atoms with E-state index in [1.807, 2.05) is 6.92 Å². The number of allylic oxidation sites excluding steroid dienone is 1. The van der Waals surface area contributed by atoms with Gasteiger partial charge >= 0.3 is 0 Å². The zero-order chi connectivity index (χ0) is 13.8. The van der Waals surface area contributed by atoms with Crippen LogP contribution in [-0.2, 0) is 6.54 Å². The second-order valence-electron chi connectivity index (χ2n) is 3.92. The van der Waals surface area contributed by atoms with Crippen LogP contribution in [0, 0.1) is 5.82 Å². The van der Waals surface area contributed by atoms with Gasteiger partial charge in [0.15, 0.2) is 0 Å². The Hall–Kier alpha value is -1.75. The molecule has 2 aromatic rings. The zero-order valence-corrected chi connectivity index (χ0v) is 11.9. The number of halogens is 2. The van der Waals surface area contributed by atoms with Crippen LogP contribution in [0.15, 0.2) is 41.0 Å². The number of hydrogen-bond donors (Lipinski definition) is 0. The fourth-order valence-corrected chi connectivity index (χ4v) is 1.94. The second-order valence-corrected chi connectivity index (χ2v) is 4.84. The Kier molecular flexibility index (Phi) is 4.27. The van der Waals surface area contributed by atoms with E-state index in [1.165, 1.54) is 18.2 Å². The van der Waals surface area contributed by atoms with E-state index in [0.717, 1.165) is 4.47 Å². The van der Waals surface area contributed by atoms with E-state index in [2.05, 4.69) is 21.0 Å². The first-order valence-electron chi connectivity index (χ1n) is 5.81. The standard InChI is InChI=1S/C14H12BrFN2O/c1-2-18-8-7-13(17-18)14(19)6-3-10-9-11(15)4-5-12(10)16/h3-9H,2H2,1H3/b6-3+. The molecule has 0 N–H and O–H groups in total. The number of ketones is 1. The number of aromatic nitrogens is 2. The summed E-state index contributed by atoms with van der Waals surface area (Å²) in [6.45, 7) is 2.64. The average molecular weight is 323 g/mol. The maximum Gasteiger partial charge on any atom is 0.206 e. The molecule has 0 amide bonds. The summed E-state index contributed by atoms with van der Waals surface area (Å²) in [6, 6.07) is 6.22. The molecule has 0 aliphatic carbocycles. The maximum atomic E-state index is 13.5. The van der Waals surface area contributed by atoms with E-state index in [4.69, 9.17) is 0 Å². The molecule has 0 saturated carbocycles. The smallest absolute Gasteiger partial charge is 0.206 e. The largest absolute Gasteiger partial charge is 0.287 e. The van der Waals surface area contributed by atoms with Crippen molar-refractivity contribution in [3.05, 3.63) is 58.1 Å². The van der Waals surface area contributed by atoms with Gasteiger partial charge in [-0.15, -0.1) is 0 Å².